The van der Waals surface area contributed by atoms with Gasteiger partial charge >= 0.3 is 0 Å². The van der Waals surface area contributed by atoms with Gasteiger partial charge in [-0.25, -0.2) is 17.5 Å². The molecular weight excluding hydrogens is 395 g/mol. The number of amides is 1. The Balaban J connectivity index is 1.38. The predicted octanol–water partition coefficient (Wildman–Crippen LogP) is 2.23. The Hall–Kier alpha value is -2.26. The lowest BCUT2D eigenvalue weighted by molar-refractivity contribution is -0.121. The van der Waals surface area contributed by atoms with Crippen LogP contribution in [0.15, 0.2) is 36.5 Å². The van der Waals surface area contributed by atoms with Crippen LogP contribution in [0.2, 0.25) is 0 Å². The second-order valence-electron chi connectivity index (χ2n) is 7.91. The zero-order chi connectivity index (χ0) is 20.4. The molecule has 3 heterocycles. The highest BCUT2D eigenvalue weighted by atomic mass is 32.2. The molecule has 29 heavy (non-hydrogen) atoms. The number of piperidine rings is 1. The van der Waals surface area contributed by atoms with Crippen LogP contribution in [0.5, 0.6) is 0 Å². The molecule has 9 heteroatoms. The second kappa shape index (κ2) is 8.23. The molecule has 156 valence electrons. The van der Waals surface area contributed by atoms with Gasteiger partial charge in [0.25, 0.3) is 0 Å². The van der Waals surface area contributed by atoms with Gasteiger partial charge in [0.05, 0.1) is 29.7 Å². The Kier molecular flexibility index (Phi) is 5.69. The van der Waals surface area contributed by atoms with Crippen LogP contribution in [0.3, 0.4) is 0 Å². The highest BCUT2D eigenvalue weighted by Crippen LogP contribution is 2.27. The average molecular weight is 421 g/mol. The predicted molar refractivity (Wildman–Crippen MR) is 108 cm³/mol. The molecule has 7 nitrogen and oxygen atoms in total. The van der Waals surface area contributed by atoms with E-state index in [1.165, 1.54) is 12.1 Å². The maximum Gasteiger partial charge on any atom is 0.229 e. The van der Waals surface area contributed by atoms with E-state index >= 15 is 0 Å². The fourth-order valence-corrected chi connectivity index (χ4v) is 5.90. The minimum absolute atomic E-state index is 0.0579. The number of nitrogens with one attached hydrogen (secondary N) is 1. The molecule has 1 amide bonds. The Morgan fingerprint density at radius 3 is 2.90 bits per heavy atom. The molecule has 2 unspecified atom stereocenters. The van der Waals surface area contributed by atoms with Crippen molar-refractivity contribution < 1.29 is 17.6 Å². The van der Waals surface area contributed by atoms with Crippen LogP contribution in [0.4, 0.5) is 10.2 Å². The van der Waals surface area contributed by atoms with Gasteiger partial charge in [0.1, 0.15) is 11.6 Å². The topological polar surface area (TPSA) is 84.3 Å². The smallest absolute Gasteiger partial charge is 0.229 e. The molecular formula is C20H25FN4O3S. The van der Waals surface area contributed by atoms with E-state index in [4.69, 9.17) is 0 Å². The van der Waals surface area contributed by atoms with Crippen molar-refractivity contribution in [2.45, 2.75) is 31.8 Å². The summed E-state index contributed by atoms with van der Waals surface area (Å²) in [5.74, 6) is 0.241. The first-order chi connectivity index (χ1) is 13.9. The van der Waals surface area contributed by atoms with E-state index in [1.807, 2.05) is 6.07 Å². The minimum atomic E-state index is -3.03. The van der Waals surface area contributed by atoms with Crippen LogP contribution < -0.4 is 5.32 Å². The van der Waals surface area contributed by atoms with Crippen molar-refractivity contribution in [3.05, 3.63) is 47.9 Å². The second-order valence-corrected chi connectivity index (χ2v) is 10.1. The summed E-state index contributed by atoms with van der Waals surface area (Å²) in [7, 11) is -3.03. The van der Waals surface area contributed by atoms with Gasteiger partial charge in [-0.15, -0.1) is 0 Å². The van der Waals surface area contributed by atoms with Crippen LogP contribution in [0.1, 0.15) is 30.9 Å². The number of likely N-dealkylation sites (tertiary alicyclic amines) is 1. The molecule has 4 rings (SSSR count). The summed E-state index contributed by atoms with van der Waals surface area (Å²) in [6, 6.07) is 8.01. The van der Waals surface area contributed by atoms with Gasteiger partial charge in [-0.3, -0.25) is 9.69 Å². The molecule has 2 aromatic rings. The first-order valence-electron chi connectivity index (χ1n) is 9.91. The number of hydrogen-bond acceptors (Lipinski definition) is 5. The quantitative estimate of drug-likeness (QED) is 0.802. The van der Waals surface area contributed by atoms with E-state index in [0.29, 0.717) is 25.3 Å². The third-order valence-electron chi connectivity index (χ3n) is 5.65. The number of rotatable bonds is 5. The standard InChI is InChI=1S/C20H25FN4O3S/c21-17-5-1-3-15(11-17)12-24-9-2-4-16(13-24)20(26)23-19-6-8-22-25(19)18-7-10-29(27,28)14-18/h1,3,5-6,8,11,16,18H,2,4,7,9-10,12-14H2,(H,23,26). The van der Waals surface area contributed by atoms with E-state index in [-0.39, 0.29) is 35.2 Å². The van der Waals surface area contributed by atoms with Crippen molar-refractivity contribution in [3.63, 3.8) is 0 Å². The molecule has 2 atom stereocenters. The Labute approximate surface area is 169 Å². The molecule has 1 aromatic carbocycles. The number of halogens is 1. The minimum Gasteiger partial charge on any atom is -0.311 e. The van der Waals surface area contributed by atoms with Gasteiger partial charge in [0, 0.05) is 19.2 Å². The van der Waals surface area contributed by atoms with E-state index < -0.39 is 9.84 Å². The molecule has 2 aliphatic rings. The van der Waals surface area contributed by atoms with Gasteiger partial charge < -0.3 is 5.32 Å². The number of aromatic nitrogens is 2. The van der Waals surface area contributed by atoms with E-state index in [1.54, 1.807) is 23.0 Å². The normalized spacial score (nSPS) is 24.4. The summed E-state index contributed by atoms with van der Waals surface area (Å²) in [6.07, 6.45) is 3.78. The fraction of sp³-hybridized carbons (Fsp3) is 0.500. The fourth-order valence-electron chi connectivity index (χ4n) is 4.21. The maximum absolute atomic E-state index is 13.4. The Bertz CT molecular complexity index is 991. The number of benzene rings is 1. The molecule has 0 spiro atoms. The lowest BCUT2D eigenvalue weighted by Gasteiger charge is -2.32. The molecule has 0 bridgehead atoms. The maximum atomic E-state index is 13.4. The molecule has 1 N–H and O–H groups in total. The van der Waals surface area contributed by atoms with Crippen LogP contribution in [0, 0.1) is 11.7 Å². The lowest BCUT2D eigenvalue weighted by Crippen LogP contribution is -2.40. The van der Waals surface area contributed by atoms with Crippen molar-refractivity contribution in [2.75, 3.05) is 29.9 Å². The molecule has 0 saturated carbocycles. The molecule has 0 radical (unpaired) electrons. The van der Waals surface area contributed by atoms with Crippen molar-refractivity contribution in [3.8, 4) is 0 Å². The zero-order valence-electron chi connectivity index (χ0n) is 16.1. The van der Waals surface area contributed by atoms with E-state index in [2.05, 4.69) is 15.3 Å². The van der Waals surface area contributed by atoms with E-state index in [0.717, 1.165) is 24.9 Å². The Morgan fingerprint density at radius 2 is 2.14 bits per heavy atom. The summed E-state index contributed by atoms with van der Waals surface area (Å²) in [4.78, 5) is 15.0. The van der Waals surface area contributed by atoms with Gasteiger partial charge in [0.2, 0.25) is 5.91 Å². The highest BCUT2D eigenvalue weighted by molar-refractivity contribution is 7.91. The van der Waals surface area contributed by atoms with E-state index in [9.17, 15) is 17.6 Å². The highest BCUT2D eigenvalue weighted by Gasteiger charge is 2.32. The van der Waals surface area contributed by atoms with Crippen molar-refractivity contribution in [2.24, 2.45) is 5.92 Å². The number of anilines is 1. The van der Waals surface area contributed by atoms with Crippen LogP contribution in [-0.4, -0.2) is 53.6 Å². The van der Waals surface area contributed by atoms with Gasteiger partial charge in [0.15, 0.2) is 9.84 Å². The summed E-state index contributed by atoms with van der Waals surface area (Å²) in [5, 5.41) is 7.17. The summed E-state index contributed by atoms with van der Waals surface area (Å²) in [6.45, 7) is 2.09. The first kappa shape index (κ1) is 20.0. The zero-order valence-corrected chi connectivity index (χ0v) is 16.9. The SMILES string of the molecule is O=C(Nc1ccnn1C1CCS(=O)(=O)C1)C1CCCN(Cc2cccc(F)c2)C1. The first-order valence-corrected chi connectivity index (χ1v) is 11.7. The summed E-state index contributed by atoms with van der Waals surface area (Å²) in [5.41, 5.74) is 0.895. The number of sulfone groups is 1. The third kappa shape index (κ3) is 4.84. The molecule has 2 fully saturated rings. The van der Waals surface area contributed by atoms with Crippen molar-refractivity contribution in [1.29, 1.82) is 0 Å². The molecule has 2 saturated heterocycles. The number of carbonyl (C=O) groups is 1. The lowest BCUT2D eigenvalue weighted by atomic mass is 9.96. The van der Waals surface area contributed by atoms with Crippen LogP contribution >= 0.6 is 0 Å². The Morgan fingerprint density at radius 1 is 1.28 bits per heavy atom. The van der Waals surface area contributed by atoms with Crippen LogP contribution in [-0.2, 0) is 21.2 Å². The molecule has 1 aromatic heterocycles. The number of carbonyl (C=O) groups excluding carboxylic acids is 1. The average Bonchev–Trinajstić information content (AvgIpc) is 3.27. The largest absolute Gasteiger partial charge is 0.311 e. The summed E-state index contributed by atoms with van der Waals surface area (Å²) >= 11 is 0. The van der Waals surface area contributed by atoms with Crippen LogP contribution in [0.25, 0.3) is 0 Å². The van der Waals surface area contributed by atoms with Crippen molar-refractivity contribution in [1.82, 2.24) is 14.7 Å². The monoisotopic (exact) mass is 420 g/mol. The number of nitrogens with zero attached hydrogens (tertiary/aromatic N) is 3. The number of hydrogen-bond donors (Lipinski definition) is 1. The van der Waals surface area contributed by atoms with Gasteiger partial charge in [-0.2, -0.15) is 5.10 Å². The van der Waals surface area contributed by atoms with Gasteiger partial charge in [-0.05, 0) is 43.5 Å². The van der Waals surface area contributed by atoms with Gasteiger partial charge in [-0.1, -0.05) is 12.1 Å². The molecule has 0 aliphatic carbocycles. The van der Waals surface area contributed by atoms with Crippen molar-refractivity contribution >= 4 is 21.6 Å². The molecule has 2 aliphatic heterocycles. The third-order valence-corrected chi connectivity index (χ3v) is 7.40. The summed E-state index contributed by atoms with van der Waals surface area (Å²) < 4.78 is 38.6.